The van der Waals surface area contributed by atoms with Gasteiger partial charge in [-0.2, -0.15) is 0 Å². The molecule has 0 rings (SSSR count). The van der Waals surface area contributed by atoms with Crippen molar-refractivity contribution in [3.63, 3.8) is 0 Å². The standard InChI is InChI=1S/C12H24N2O3/c1-5-7-9(6-2)13-11(17)14-12(3,4)8-10(15)16/h9H,5-8H2,1-4H3,(H,15,16)(H2,13,14,17). The molecule has 0 aliphatic heterocycles. The number of carbonyl (C=O) groups is 2. The van der Waals surface area contributed by atoms with E-state index < -0.39 is 11.5 Å². The minimum atomic E-state index is -0.920. The van der Waals surface area contributed by atoms with Crippen LogP contribution in [0.2, 0.25) is 0 Å². The van der Waals surface area contributed by atoms with Crippen molar-refractivity contribution in [3.05, 3.63) is 0 Å². The molecule has 0 aromatic rings. The van der Waals surface area contributed by atoms with Gasteiger partial charge < -0.3 is 15.7 Å². The lowest BCUT2D eigenvalue weighted by molar-refractivity contribution is -0.138. The summed E-state index contributed by atoms with van der Waals surface area (Å²) in [7, 11) is 0. The molecule has 3 N–H and O–H groups in total. The van der Waals surface area contributed by atoms with Crippen LogP contribution in [0.3, 0.4) is 0 Å². The van der Waals surface area contributed by atoms with Crippen LogP contribution < -0.4 is 10.6 Å². The minimum absolute atomic E-state index is 0.0923. The van der Waals surface area contributed by atoms with Crippen LogP contribution in [0.4, 0.5) is 4.79 Å². The third-order valence-electron chi connectivity index (χ3n) is 2.51. The molecule has 1 unspecified atom stereocenters. The first-order chi connectivity index (χ1) is 7.80. The third-order valence-corrected chi connectivity index (χ3v) is 2.51. The second kappa shape index (κ2) is 7.14. The summed E-state index contributed by atoms with van der Waals surface area (Å²) in [6.07, 6.45) is 2.73. The first kappa shape index (κ1) is 15.7. The number of hydrogen-bond acceptors (Lipinski definition) is 2. The summed E-state index contributed by atoms with van der Waals surface area (Å²) in [5.74, 6) is -0.920. The highest BCUT2D eigenvalue weighted by atomic mass is 16.4. The van der Waals surface area contributed by atoms with Gasteiger partial charge in [0, 0.05) is 11.6 Å². The molecule has 0 heterocycles. The molecule has 5 heteroatoms. The molecule has 0 saturated carbocycles. The number of rotatable bonds is 7. The molecule has 0 aliphatic rings. The summed E-state index contributed by atoms with van der Waals surface area (Å²) >= 11 is 0. The maximum atomic E-state index is 11.7. The normalized spacial score (nSPS) is 12.9. The highest BCUT2D eigenvalue weighted by Crippen LogP contribution is 2.08. The van der Waals surface area contributed by atoms with Crippen molar-refractivity contribution in [2.24, 2.45) is 0 Å². The van der Waals surface area contributed by atoms with Gasteiger partial charge in [-0.25, -0.2) is 4.79 Å². The van der Waals surface area contributed by atoms with Crippen molar-refractivity contribution in [2.45, 2.75) is 65.0 Å². The van der Waals surface area contributed by atoms with Crippen molar-refractivity contribution in [1.29, 1.82) is 0 Å². The van der Waals surface area contributed by atoms with E-state index in [9.17, 15) is 9.59 Å². The summed E-state index contributed by atoms with van der Waals surface area (Å²) in [6.45, 7) is 7.47. The third kappa shape index (κ3) is 7.60. The number of aliphatic carboxylic acids is 1. The van der Waals surface area contributed by atoms with Crippen molar-refractivity contribution in [3.8, 4) is 0 Å². The molecule has 0 radical (unpaired) electrons. The number of amides is 2. The summed E-state index contributed by atoms with van der Waals surface area (Å²) in [4.78, 5) is 22.3. The Morgan fingerprint density at radius 3 is 2.29 bits per heavy atom. The Balaban J connectivity index is 4.19. The van der Waals surface area contributed by atoms with Gasteiger partial charge in [0.2, 0.25) is 0 Å². The molecule has 0 aromatic carbocycles. The molecular formula is C12H24N2O3. The SMILES string of the molecule is CCCC(CC)NC(=O)NC(C)(C)CC(=O)O. The Bertz CT molecular complexity index is 264. The first-order valence-electron chi connectivity index (χ1n) is 6.11. The molecular weight excluding hydrogens is 220 g/mol. The molecule has 5 nitrogen and oxygen atoms in total. The molecule has 0 aromatic heterocycles. The van der Waals surface area contributed by atoms with Crippen LogP contribution in [-0.2, 0) is 4.79 Å². The summed E-state index contributed by atoms with van der Waals surface area (Å²) < 4.78 is 0. The maximum Gasteiger partial charge on any atom is 0.315 e. The van der Waals surface area contributed by atoms with Gasteiger partial charge in [-0.1, -0.05) is 20.3 Å². The van der Waals surface area contributed by atoms with Gasteiger partial charge in [0.15, 0.2) is 0 Å². The van der Waals surface area contributed by atoms with Crippen LogP contribution in [0.25, 0.3) is 0 Å². The Morgan fingerprint density at radius 2 is 1.88 bits per heavy atom. The number of carboxylic acids is 1. The average Bonchev–Trinajstić information content (AvgIpc) is 2.13. The van der Waals surface area contributed by atoms with Crippen molar-refractivity contribution >= 4 is 12.0 Å². The Hall–Kier alpha value is -1.26. The molecule has 17 heavy (non-hydrogen) atoms. The molecule has 0 spiro atoms. The smallest absolute Gasteiger partial charge is 0.315 e. The van der Waals surface area contributed by atoms with Crippen LogP contribution in [0.1, 0.15) is 53.4 Å². The number of urea groups is 1. The Kier molecular flexibility index (Phi) is 6.61. The lowest BCUT2D eigenvalue weighted by Crippen LogP contribution is -2.51. The summed E-state index contributed by atoms with van der Waals surface area (Å²) in [5.41, 5.74) is -0.736. The van der Waals surface area contributed by atoms with E-state index in [1.807, 2.05) is 6.92 Å². The van der Waals surface area contributed by atoms with Gasteiger partial charge in [-0.3, -0.25) is 4.79 Å². The van der Waals surface area contributed by atoms with E-state index in [0.717, 1.165) is 19.3 Å². The van der Waals surface area contributed by atoms with E-state index >= 15 is 0 Å². The van der Waals surface area contributed by atoms with Gasteiger partial charge in [0.25, 0.3) is 0 Å². The summed E-state index contributed by atoms with van der Waals surface area (Å²) in [5, 5.41) is 14.2. The molecule has 0 saturated heterocycles. The predicted octanol–water partition coefficient (Wildman–Crippen LogP) is 2.12. The van der Waals surface area contributed by atoms with Crippen molar-refractivity contribution in [2.75, 3.05) is 0 Å². The van der Waals surface area contributed by atoms with Crippen LogP contribution in [0.5, 0.6) is 0 Å². The van der Waals surface area contributed by atoms with Crippen molar-refractivity contribution < 1.29 is 14.7 Å². The van der Waals surface area contributed by atoms with Gasteiger partial charge in [-0.05, 0) is 26.7 Å². The number of carboxylic acid groups (broad SMARTS) is 1. The van der Waals surface area contributed by atoms with Crippen LogP contribution in [0.15, 0.2) is 0 Å². The average molecular weight is 244 g/mol. The number of hydrogen-bond donors (Lipinski definition) is 3. The lowest BCUT2D eigenvalue weighted by Gasteiger charge is -2.26. The second-order valence-corrected chi connectivity index (χ2v) is 4.95. The minimum Gasteiger partial charge on any atom is -0.481 e. The fraction of sp³-hybridized carbons (Fsp3) is 0.833. The highest BCUT2D eigenvalue weighted by Gasteiger charge is 2.24. The predicted molar refractivity (Wildman–Crippen MR) is 67.0 cm³/mol. The number of carbonyl (C=O) groups excluding carboxylic acids is 1. The fourth-order valence-corrected chi connectivity index (χ4v) is 1.68. The molecule has 2 amide bonds. The van der Waals surface area contributed by atoms with Gasteiger partial charge in [0.05, 0.1) is 6.42 Å². The zero-order valence-electron chi connectivity index (χ0n) is 11.2. The van der Waals surface area contributed by atoms with E-state index in [0.29, 0.717) is 0 Å². The quantitative estimate of drug-likeness (QED) is 0.642. The second-order valence-electron chi connectivity index (χ2n) is 4.95. The Morgan fingerprint density at radius 1 is 1.29 bits per heavy atom. The van der Waals surface area contributed by atoms with Gasteiger partial charge in [-0.15, -0.1) is 0 Å². The molecule has 0 fully saturated rings. The lowest BCUT2D eigenvalue weighted by atomic mass is 10.0. The van der Waals surface area contributed by atoms with Crippen LogP contribution >= 0.6 is 0 Å². The zero-order valence-corrected chi connectivity index (χ0v) is 11.2. The van der Waals surface area contributed by atoms with E-state index in [1.54, 1.807) is 13.8 Å². The monoisotopic (exact) mass is 244 g/mol. The van der Waals surface area contributed by atoms with Gasteiger partial charge in [0.1, 0.15) is 0 Å². The first-order valence-corrected chi connectivity index (χ1v) is 6.11. The molecule has 1 atom stereocenters. The topological polar surface area (TPSA) is 78.4 Å². The molecule has 0 aliphatic carbocycles. The molecule has 0 bridgehead atoms. The van der Waals surface area contributed by atoms with E-state index in [1.165, 1.54) is 0 Å². The van der Waals surface area contributed by atoms with E-state index in [-0.39, 0.29) is 18.5 Å². The fourth-order valence-electron chi connectivity index (χ4n) is 1.68. The van der Waals surface area contributed by atoms with Crippen molar-refractivity contribution in [1.82, 2.24) is 10.6 Å². The largest absolute Gasteiger partial charge is 0.481 e. The summed E-state index contributed by atoms with van der Waals surface area (Å²) in [6, 6.07) is -0.142. The highest BCUT2D eigenvalue weighted by molar-refractivity contribution is 5.76. The Labute approximate surface area is 103 Å². The van der Waals surface area contributed by atoms with Crippen LogP contribution in [0, 0.1) is 0 Å². The van der Waals surface area contributed by atoms with E-state index in [2.05, 4.69) is 17.6 Å². The van der Waals surface area contributed by atoms with Gasteiger partial charge >= 0.3 is 12.0 Å². The van der Waals surface area contributed by atoms with Crippen LogP contribution in [-0.4, -0.2) is 28.7 Å². The molecule has 100 valence electrons. The van der Waals surface area contributed by atoms with E-state index in [4.69, 9.17) is 5.11 Å². The zero-order chi connectivity index (χ0) is 13.5. The maximum absolute atomic E-state index is 11.7. The number of nitrogens with one attached hydrogen (secondary N) is 2.